The number of aromatic nitrogens is 2. The third-order valence-electron chi connectivity index (χ3n) is 3.27. The van der Waals surface area contributed by atoms with E-state index in [-0.39, 0.29) is 0 Å². The highest BCUT2D eigenvalue weighted by atomic mass is 32.1. The zero-order valence-electron chi connectivity index (χ0n) is 11.8. The van der Waals surface area contributed by atoms with Crippen LogP contribution in [0.2, 0.25) is 0 Å². The molecule has 0 radical (unpaired) electrons. The molecule has 3 heterocycles. The van der Waals surface area contributed by atoms with Crippen LogP contribution in [0.5, 0.6) is 0 Å². The Morgan fingerprint density at radius 3 is 2.90 bits per heavy atom. The van der Waals surface area contributed by atoms with E-state index in [4.69, 9.17) is 15.0 Å². The Kier molecular flexibility index (Phi) is 3.87. The lowest BCUT2D eigenvalue weighted by molar-refractivity contribution is 0.0884. The Balaban J connectivity index is 1.82. The van der Waals surface area contributed by atoms with Gasteiger partial charge in [-0.1, -0.05) is 0 Å². The van der Waals surface area contributed by atoms with Gasteiger partial charge in [-0.2, -0.15) is 0 Å². The zero-order chi connectivity index (χ0) is 14.8. The fraction of sp³-hybridized carbons (Fsp3) is 0.286. The Morgan fingerprint density at radius 1 is 1.33 bits per heavy atom. The molecule has 3 rings (SSSR count). The second-order valence-electron chi connectivity index (χ2n) is 4.67. The largest absolute Gasteiger partial charge is 0.467 e. The van der Waals surface area contributed by atoms with E-state index >= 15 is 0 Å². The summed E-state index contributed by atoms with van der Waals surface area (Å²) in [5.41, 5.74) is 3.81. The van der Waals surface area contributed by atoms with E-state index in [1.165, 1.54) is 4.88 Å². The summed E-state index contributed by atoms with van der Waals surface area (Å²) in [4.78, 5) is 11.1. The summed E-state index contributed by atoms with van der Waals surface area (Å²) in [7, 11) is 0. The van der Waals surface area contributed by atoms with Crippen molar-refractivity contribution in [1.29, 1.82) is 0 Å². The molecule has 6 nitrogen and oxygen atoms in total. The van der Waals surface area contributed by atoms with Crippen LogP contribution in [0, 0.1) is 13.8 Å². The molecular formula is C14H16N4O2S. The number of nitrogen functional groups attached to an aromatic ring is 1. The zero-order valence-corrected chi connectivity index (χ0v) is 12.7. The summed E-state index contributed by atoms with van der Waals surface area (Å²) in [6.45, 7) is 4.81. The number of hydrazine groups is 1. The average molecular weight is 304 g/mol. The summed E-state index contributed by atoms with van der Waals surface area (Å²) in [6.07, 6.45) is 1.62. The van der Waals surface area contributed by atoms with Crippen molar-refractivity contribution in [2.24, 2.45) is 5.84 Å². The SMILES string of the molecule is Cc1sc2nc(COCc3ccco3)nc(NN)c2c1C. The van der Waals surface area contributed by atoms with Crippen molar-refractivity contribution in [3.63, 3.8) is 0 Å². The highest BCUT2D eigenvalue weighted by molar-refractivity contribution is 7.18. The monoisotopic (exact) mass is 304 g/mol. The van der Waals surface area contributed by atoms with Crippen molar-refractivity contribution in [3.05, 3.63) is 40.4 Å². The molecule has 3 aromatic rings. The summed E-state index contributed by atoms with van der Waals surface area (Å²) in [5.74, 6) is 7.59. The molecule has 21 heavy (non-hydrogen) atoms. The van der Waals surface area contributed by atoms with Gasteiger partial charge in [0.15, 0.2) is 11.6 Å². The molecule has 0 bridgehead atoms. The van der Waals surface area contributed by atoms with Gasteiger partial charge in [0.2, 0.25) is 0 Å². The highest BCUT2D eigenvalue weighted by Gasteiger charge is 2.14. The summed E-state index contributed by atoms with van der Waals surface area (Å²) >= 11 is 1.63. The van der Waals surface area contributed by atoms with Crippen molar-refractivity contribution in [2.75, 3.05) is 5.43 Å². The van der Waals surface area contributed by atoms with Crippen LogP contribution < -0.4 is 11.3 Å². The minimum atomic E-state index is 0.307. The molecule has 0 saturated carbocycles. The molecule has 0 saturated heterocycles. The molecule has 0 fully saturated rings. The van der Waals surface area contributed by atoms with Crippen molar-refractivity contribution in [1.82, 2.24) is 9.97 Å². The summed E-state index contributed by atoms with van der Waals surface area (Å²) < 4.78 is 10.8. The lowest BCUT2D eigenvalue weighted by Gasteiger charge is -2.06. The number of nitrogens with one attached hydrogen (secondary N) is 1. The Morgan fingerprint density at radius 2 is 2.19 bits per heavy atom. The molecule has 3 N–H and O–H groups in total. The van der Waals surface area contributed by atoms with Gasteiger partial charge in [0.05, 0.1) is 11.6 Å². The third kappa shape index (κ3) is 2.76. The van der Waals surface area contributed by atoms with E-state index in [2.05, 4.69) is 22.3 Å². The smallest absolute Gasteiger partial charge is 0.158 e. The van der Waals surface area contributed by atoms with Gasteiger partial charge in [0.1, 0.15) is 23.8 Å². The molecule has 0 atom stereocenters. The molecule has 3 aromatic heterocycles. The standard InChI is InChI=1S/C14H16N4O2S/c1-8-9(2)21-14-12(8)13(18-15)16-11(17-14)7-19-6-10-4-3-5-20-10/h3-5H,6-7,15H2,1-2H3,(H,16,17,18). The molecular weight excluding hydrogens is 288 g/mol. The number of furan rings is 1. The van der Waals surface area contributed by atoms with Crippen molar-refractivity contribution in [2.45, 2.75) is 27.1 Å². The van der Waals surface area contributed by atoms with E-state index in [1.807, 2.05) is 19.1 Å². The van der Waals surface area contributed by atoms with Crippen LogP contribution in [0.1, 0.15) is 22.0 Å². The number of nitrogens with zero attached hydrogens (tertiary/aromatic N) is 2. The number of nitrogens with two attached hydrogens (primary N) is 1. The molecule has 7 heteroatoms. The van der Waals surface area contributed by atoms with E-state index in [9.17, 15) is 0 Å². The predicted molar refractivity (Wildman–Crippen MR) is 81.9 cm³/mol. The molecule has 0 unspecified atom stereocenters. The Bertz CT molecular complexity index is 752. The van der Waals surface area contributed by atoms with Crippen molar-refractivity contribution >= 4 is 27.4 Å². The van der Waals surface area contributed by atoms with Gasteiger partial charge in [0.25, 0.3) is 0 Å². The van der Waals surface area contributed by atoms with Gasteiger partial charge in [-0.15, -0.1) is 11.3 Å². The maximum atomic E-state index is 5.58. The first-order valence-electron chi connectivity index (χ1n) is 6.52. The minimum Gasteiger partial charge on any atom is -0.467 e. The minimum absolute atomic E-state index is 0.307. The Labute approximate surface area is 125 Å². The average Bonchev–Trinajstić information content (AvgIpc) is 3.08. The van der Waals surface area contributed by atoms with Gasteiger partial charge in [-0.05, 0) is 31.5 Å². The number of hydrogen-bond donors (Lipinski definition) is 2. The number of fused-ring (bicyclic) bond motifs is 1. The first kappa shape index (κ1) is 14.0. The predicted octanol–water partition coefficient (Wildman–Crippen LogP) is 2.90. The lowest BCUT2D eigenvalue weighted by atomic mass is 10.2. The van der Waals surface area contributed by atoms with Gasteiger partial charge in [0, 0.05) is 4.88 Å². The lowest BCUT2D eigenvalue weighted by Crippen LogP contribution is -2.11. The van der Waals surface area contributed by atoms with Gasteiger partial charge in [-0.25, -0.2) is 15.8 Å². The molecule has 110 valence electrons. The number of hydrogen-bond acceptors (Lipinski definition) is 7. The molecule has 0 aliphatic rings. The quantitative estimate of drug-likeness (QED) is 0.557. The molecule has 0 amide bonds. The first-order valence-corrected chi connectivity index (χ1v) is 7.34. The first-order chi connectivity index (χ1) is 10.2. The van der Waals surface area contributed by atoms with Crippen molar-refractivity contribution < 1.29 is 9.15 Å². The van der Waals surface area contributed by atoms with Crippen LogP contribution in [0.25, 0.3) is 10.2 Å². The van der Waals surface area contributed by atoms with E-state index in [0.717, 1.165) is 21.5 Å². The molecule has 0 aliphatic carbocycles. The van der Waals surface area contributed by atoms with Crippen LogP contribution in [0.15, 0.2) is 22.8 Å². The van der Waals surface area contributed by atoms with Crippen LogP contribution >= 0.6 is 11.3 Å². The summed E-state index contributed by atoms with van der Waals surface area (Å²) in [6, 6.07) is 3.69. The Hall–Kier alpha value is -1.96. The van der Waals surface area contributed by atoms with Gasteiger partial charge >= 0.3 is 0 Å². The molecule has 0 aliphatic heterocycles. The van der Waals surface area contributed by atoms with Gasteiger partial charge < -0.3 is 14.6 Å². The molecule has 0 spiro atoms. The number of rotatable bonds is 5. The number of ether oxygens (including phenoxy) is 1. The number of thiophene rings is 1. The second kappa shape index (κ2) is 5.80. The normalized spacial score (nSPS) is 11.2. The maximum Gasteiger partial charge on any atom is 0.158 e. The topological polar surface area (TPSA) is 86.2 Å². The van der Waals surface area contributed by atoms with Crippen LogP contribution in [-0.4, -0.2) is 9.97 Å². The van der Waals surface area contributed by atoms with E-state index < -0.39 is 0 Å². The third-order valence-corrected chi connectivity index (χ3v) is 4.37. The fourth-order valence-electron chi connectivity index (χ4n) is 2.10. The maximum absolute atomic E-state index is 5.58. The van der Waals surface area contributed by atoms with Crippen molar-refractivity contribution in [3.8, 4) is 0 Å². The number of anilines is 1. The highest BCUT2D eigenvalue weighted by Crippen LogP contribution is 2.32. The van der Waals surface area contributed by atoms with Crippen LogP contribution in [0.4, 0.5) is 5.82 Å². The van der Waals surface area contributed by atoms with E-state index in [0.29, 0.717) is 24.9 Å². The number of aryl methyl sites for hydroxylation is 2. The molecule has 0 aromatic carbocycles. The van der Waals surface area contributed by atoms with Crippen LogP contribution in [-0.2, 0) is 18.0 Å². The van der Waals surface area contributed by atoms with E-state index in [1.54, 1.807) is 17.6 Å². The van der Waals surface area contributed by atoms with Crippen LogP contribution in [0.3, 0.4) is 0 Å². The van der Waals surface area contributed by atoms with Gasteiger partial charge in [-0.3, -0.25) is 0 Å². The summed E-state index contributed by atoms with van der Waals surface area (Å²) in [5, 5.41) is 0.981. The second-order valence-corrected chi connectivity index (χ2v) is 5.87. The fourth-order valence-corrected chi connectivity index (χ4v) is 3.15.